The number of amides is 1. The predicted molar refractivity (Wildman–Crippen MR) is 81.0 cm³/mol. The van der Waals surface area contributed by atoms with Crippen LogP contribution in [-0.2, 0) is 6.54 Å². The van der Waals surface area contributed by atoms with Crippen LogP contribution in [0.2, 0.25) is 0 Å². The van der Waals surface area contributed by atoms with Crippen LogP contribution in [0.3, 0.4) is 0 Å². The molecule has 1 aromatic heterocycles. The average Bonchev–Trinajstić information content (AvgIpc) is 3.12. The number of carbonyl (C=O) groups excluding carboxylic acids is 1. The highest BCUT2D eigenvalue weighted by molar-refractivity contribution is 7.11. The summed E-state index contributed by atoms with van der Waals surface area (Å²) in [6.45, 7) is 3.32. The second kappa shape index (κ2) is 6.15. The topological polar surface area (TPSA) is 45.2 Å². The van der Waals surface area contributed by atoms with Crippen molar-refractivity contribution in [3.8, 4) is 0 Å². The Labute approximate surface area is 122 Å². The second-order valence-electron chi connectivity index (χ2n) is 5.00. The first-order valence-electron chi connectivity index (χ1n) is 6.82. The van der Waals surface area contributed by atoms with Gasteiger partial charge in [0.05, 0.1) is 11.7 Å². The molecule has 0 radical (unpaired) electrons. The first kappa shape index (κ1) is 13.3. The van der Waals surface area contributed by atoms with Crippen LogP contribution in [0.1, 0.15) is 28.1 Å². The molecule has 1 N–H and O–H groups in total. The number of likely N-dealkylation sites (tertiary alicyclic amines) is 1. The lowest BCUT2D eigenvalue weighted by Gasteiger charge is -2.15. The monoisotopic (exact) mass is 287 g/mol. The van der Waals surface area contributed by atoms with Gasteiger partial charge < -0.3 is 5.32 Å². The number of anilines is 1. The van der Waals surface area contributed by atoms with Gasteiger partial charge in [-0.1, -0.05) is 12.1 Å². The molecule has 3 rings (SSSR count). The zero-order chi connectivity index (χ0) is 13.8. The largest absolute Gasteiger partial charge is 0.321 e. The van der Waals surface area contributed by atoms with E-state index in [4.69, 9.17) is 0 Å². The van der Waals surface area contributed by atoms with Gasteiger partial charge >= 0.3 is 0 Å². The molecule has 5 heteroatoms. The molecular weight excluding hydrogens is 270 g/mol. The maximum atomic E-state index is 12.0. The minimum atomic E-state index is -0.0918. The number of aromatic nitrogens is 1. The van der Waals surface area contributed by atoms with Crippen molar-refractivity contribution in [1.29, 1.82) is 0 Å². The minimum absolute atomic E-state index is 0.0918. The number of thiazole rings is 1. The van der Waals surface area contributed by atoms with Crippen LogP contribution in [0.15, 0.2) is 36.0 Å². The first-order valence-corrected chi connectivity index (χ1v) is 7.70. The van der Waals surface area contributed by atoms with Crippen molar-refractivity contribution in [1.82, 2.24) is 9.88 Å². The molecule has 20 heavy (non-hydrogen) atoms. The van der Waals surface area contributed by atoms with E-state index in [2.05, 4.69) is 27.3 Å². The Morgan fingerprint density at radius 3 is 2.95 bits per heavy atom. The molecule has 1 amide bonds. The van der Waals surface area contributed by atoms with Crippen molar-refractivity contribution in [2.24, 2.45) is 0 Å². The molecule has 104 valence electrons. The molecule has 1 aliphatic rings. The standard InChI is InChI=1S/C15H17N3OS/c19-15(14-9-16-11-20-14)17-13-5-3-4-12(8-13)10-18-6-1-2-7-18/h3-5,8-9,11H,1-2,6-7,10H2,(H,17,19). The van der Waals surface area contributed by atoms with Gasteiger partial charge in [-0.25, -0.2) is 0 Å². The highest BCUT2D eigenvalue weighted by Gasteiger charge is 2.12. The van der Waals surface area contributed by atoms with Crippen LogP contribution in [-0.4, -0.2) is 28.9 Å². The summed E-state index contributed by atoms with van der Waals surface area (Å²) in [4.78, 5) is 19.0. The van der Waals surface area contributed by atoms with Gasteiger partial charge in [-0.2, -0.15) is 0 Å². The van der Waals surface area contributed by atoms with Crippen molar-refractivity contribution >= 4 is 22.9 Å². The van der Waals surface area contributed by atoms with Gasteiger partial charge in [-0.3, -0.25) is 14.7 Å². The Hall–Kier alpha value is -1.72. The fraction of sp³-hybridized carbons (Fsp3) is 0.333. The van der Waals surface area contributed by atoms with E-state index in [0.717, 1.165) is 12.2 Å². The highest BCUT2D eigenvalue weighted by Crippen LogP contribution is 2.17. The van der Waals surface area contributed by atoms with E-state index >= 15 is 0 Å². The van der Waals surface area contributed by atoms with Crippen molar-refractivity contribution in [2.45, 2.75) is 19.4 Å². The Morgan fingerprint density at radius 2 is 2.20 bits per heavy atom. The van der Waals surface area contributed by atoms with E-state index < -0.39 is 0 Å². The molecule has 1 fully saturated rings. The number of nitrogens with zero attached hydrogens (tertiary/aromatic N) is 2. The van der Waals surface area contributed by atoms with Crippen molar-refractivity contribution in [2.75, 3.05) is 18.4 Å². The number of carbonyl (C=O) groups is 1. The number of nitrogens with one attached hydrogen (secondary N) is 1. The van der Waals surface area contributed by atoms with Crippen LogP contribution in [0.4, 0.5) is 5.69 Å². The zero-order valence-corrected chi connectivity index (χ0v) is 12.0. The highest BCUT2D eigenvalue weighted by atomic mass is 32.1. The van der Waals surface area contributed by atoms with E-state index in [1.54, 1.807) is 11.7 Å². The molecule has 0 spiro atoms. The number of hydrogen-bond donors (Lipinski definition) is 1. The van der Waals surface area contributed by atoms with Gasteiger partial charge in [0.25, 0.3) is 5.91 Å². The quantitative estimate of drug-likeness (QED) is 0.940. The Bertz CT molecular complexity index is 577. The normalized spacial score (nSPS) is 15.4. The smallest absolute Gasteiger partial charge is 0.267 e. The van der Waals surface area contributed by atoms with E-state index in [0.29, 0.717) is 4.88 Å². The molecule has 1 aliphatic heterocycles. The van der Waals surface area contributed by atoms with Crippen molar-refractivity contribution < 1.29 is 4.79 Å². The third-order valence-corrected chi connectivity index (χ3v) is 4.22. The Morgan fingerprint density at radius 1 is 1.35 bits per heavy atom. The molecular formula is C15H17N3OS. The van der Waals surface area contributed by atoms with E-state index in [9.17, 15) is 4.79 Å². The predicted octanol–water partition coefficient (Wildman–Crippen LogP) is 2.99. The van der Waals surface area contributed by atoms with Crippen LogP contribution in [0.5, 0.6) is 0 Å². The fourth-order valence-corrected chi connectivity index (χ4v) is 2.98. The molecule has 0 unspecified atom stereocenters. The number of rotatable bonds is 4. The molecule has 0 aliphatic carbocycles. The second-order valence-corrected chi connectivity index (χ2v) is 5.89. The van der Waals surface area contributed by atoms with Crippen LogP contribution in [0.25, 0.3) is 0 Å². The van der Waals surface area contributed by atoms with Crippen molar-refractivity contribution in [3.05, 3.63) is 46.4 Å². The zero-order valence-electron chi connectivity index (χ0n) is 11.2. The Balaban J connectivity index is 1.66. The molecule has 1 saturated heterocycles. The average molecular weight is 287 g/mol. The summed E-state index contributed by atoms with van der Waals surface area (Å²) in [5, 5.41) is 2.92. The summed E-state index contributed by atoms with van der Waals surface area (Å²) < 4.78 is 0. The molecule has 0 saturated carbocycles. The molecule has 0 atom stereocenters. The lowest BCUT2D eigenvalue weighted by molar-refractivity contribution is 0.103. The van der Waals surface area contributed by atoms with Crippen LogP contribution in [0, 0.1) is 0 Å². The summed E-state index contributed by atoms with van der Waals surface area (Å²) in [5.74, 6) is -0.0918. The molecule has 0 bridgehead atoms. The number of benzene rings is 1. The van der Waals surface area contributed by atoms with E-state index in [-0.39, 0.29) is 5.91 Å². The van der Waals surface area contributed by atoms with Crippen LogP contribution >= 0.6 is 11.3 Å². The third-order valence-electron chi connectivity index (χ3n) is 3.45. The molecule has 2 heterocycles. The Kier molecular flexibility index (Phi) is 4.08. The molecule has 1 aromatic carbocycles. The summed E-state index contributed by atoms with van der Waals surface area (Å²) >= 11 is 1.35. The van der Waals surface area contributed by atoms with E-state index in [1.165, 1.54) is 42.8 Å². The molecule has 4 nitrogen and oxygen atoms in total. The summed E-state index contributed by atoms with van der Waals surface area (Å²) in [6.07, 6.45) is 4.18. The maximum Gasteiger partial charge on any atom is 0.267 e. The first-order chi connectivity index (χ1) is 9.81. The van der Waals surface area contributed by atoms with E-state index in [1.807, 2.05) is 12.1 Å². The van der Waals surface area contributed by atoms with Gasteiger partial charge in [0, 0.05) is 12.2 Å². The summed E-state index contributed by atoms with van der Waals surface area (Å²) in [6, 6.07) is 8.08. The molecule has 2 aromatic rings. The van der Waals surface area contributed by atoms with Gasteiger partial charge in [-0.05, 0) is 43.6 Å². The maximum absolute atomic E-state index is 12.0. The van der Waals surface area contributed by atoms with Gasteiger partial charge in [-0.15, -0.1) is 11.3 Å². The lowest BCUT2D eigenvalue weighted by Crippen LogP contribution is -2.18. The summed E-state index contributed by atoms with van der Waals surface area (Å²) in [5.41, 5.74) is 3.76. The summed E-state index contributed by atoms with van der Waals surface area (Å²) in [7, 11) is 0. The SMILES string of the molecule is O=C(Nc1cccc(CN2CCCC2)c1)c1cncs1. The van der Waals surface area contributed by atoms with Gasteiger partial charge in [0.1, 0.15) is 4.88 Å². The van der Waals surface area contributed by atoms with Gasteiger partial charge in [0.2, 0.25) is 0 Å². The van der Waals surface area contributed by atoms with Crippen molar-refractivity contribution in [3.63, 3.8) is 0 Å². The van der Waals surface area contributed by atoms with Crippen LogP contribution < -0.4 is 5.32 Å². The minimum Gasteiger partial charge on any atom is -0.321 e. The third kappa shape index (κ3) is 3.23. The number of hydrogen-bond acceptors (Lipinski definition) is 4. The lowest BCUT2D eigenvalue weighted by atomic mass is 10.2. The fourth-order valence-electron chi connectivity index (χ4n) is 2.47. The van der Waals surface area contributed by atoms with Gasteiger partial charge in [0.15, 0.2) is 0 Å².